The van der Waals surface area contributed by atoms with Crippen LogP contribution in [-0.4, -0.2) is 47.7 Å². The molecule has 2 aliphatic rings. The number of aliphatic hydroxyl groups is 1. The fraction of sp³-hybridized carbons (Fsp3) is 0.938. The van der Waals surface area contributed by atoms with Crippen LogP contribution < -0.4 is 5.32 Å². The highest BCUT2D eigenvalue weighted by molar-refractivity contribution is 5.78. The first-order chi connectivity index (χ1) is 9.59. The Labute approximate surface area is 122 Å². The van der Waals surface area contributed by atoms with Crippen molar-refractivity contribution < 1.29 is 9.90 Å². The van der Waals surface area contributed by atoms with E-state index in [-0.39, 0.29) is 5.91 Å². The third-order valence-corrected chi connectivity index (χ3v) is 4.89. The van der Waals surface area contributed by atoms with Crippen molar-refractivity contribution in [3.63, 3.8) is 0 Å². The van der Waals surface area contributed by atoms with Crippen LogP contribution in [0.2, 0.25) is 0 Å². The number of nitrogens with one attached hydrogen (secondary N) is 1. The number of nitrogens with zero attached hydrogens (tertiary/aromatic N) is 1. The summed E-state index contributed by atoms with van der Waals surface area (Å²) in [5, 5.41) is 13.7. The minimum absolute atomic E-state index is 0.194. The van der Waals surface area contributed by atoms with Crippen molar-refractivity contribution in [2.75, 3.05) is 26.2 Å². The highest BCUT2D eigenvalue weighted by atomic mass is 16.3. The molecule has 2 N–H and O–H groups in total. The fourth-order valence-electron chi connectivity index (χ4n) is 3.31. The zero-order chi connectivity index (χ0) is 14.4. The standard InChI is InChI=1S/C16H30N2O2/c1-14-6-8-16(20,9-7-14)13-17-12-15(19)18-10-4-2-3-5-11-18/h14,17,20H,2-13H2,1H3. The molecule has 0 spiro atoms. The molecule has 0 atom stereocenters. The number of carbonyl (C=O) groups excluding carboxylic acids is 1. The van der Waals surface area contributed by atoms with Crippen LogP contribution in [0.25, 0.3) is 0 Å². The summed E-state index contributed by atoms with van der Waals surface area (Å²) in [5.41, 5.74) is -0.592. The Morgan fingerprint density at radius 1 is 1.20 bits per heavy atom. The summed E-state index contributed by atoms with van der Waals surface area (Å²) in [7, 11) is 0. The lowest BCUT2D eigenvalue weighted by Crippen LogP contribution is -2.47. The van der Waals surface area contributed by atoms with E-state index in [1.54, 1.807) is 0 Å². The molecule has 0 aromatic rings. The molecule has 1 amide bonds. The Bertz CT molecular complexity index is 304. The van der Waals surface area contributed by atoms with Gasteiger partial charge in [-0.25, -0.2) is 0 Å². The number of rotatable bonds is 4. The van der Waals surface area contributed by atoms with Crippen LogP contribution in [0.3, 0.4) is 0 Å². The fourth-order valence-corrected chi connectivity index (χ4v) is 3.31. The summed E-state index contributed by atoms with van der Waals surface area (Å²) in [6.07, 6.45) is 8.67. The lowest BCUT2D eigenvalue weighted by atomic mass is 9.79. The molecular formula is C16H30N2O2. The average molecular weight is 282 g/mol. The largest absolute Gasteiger partial charge is 0.389 e. The first kappa shape index (κ1) is 15.8. The van der Waals surface area contributed by atoms with Gasteiger partial charge >= 0.3 is 0 Å². The van der Waals surface area contributed by atoms with Crippen LogP contribution in [0.1, 0.15) is 58.3 Å². The number of carbonyl (C=O) groups is 1. The Morgan fingerprint density at radius 3 is 2.40 bits per heavy atom. The van der Waals surface area contributed by atoms with Crippen molar-refractivity contribution >= 4 is 5.91 Å². The third-order valence-electron chi connectivity index (χ3n) is 4.89. The topological polar surface area (TPSA) is 52.6 Å². The first-order valence-corrected chi connectivity index (χ1v) is 8.30. The van der Waals surface area contributed by atoms with Crippen molar-refractivity contribution in [3.05, 3.63) is 0 Å². The summed E-state index contributed by atoms with van der Waals surface area (Å²) >= 11 is 0. The molecule has 1 aliphatic carbocycles. The molecule has 4 heteroatoms. The molecule has 0 radical (unpaired) electrons. The van der Waals surface area contributed by atoms with E-state index in [9.17, 15) is 9.90 Å². The van der Waals surface area contributed by atoms with Crippen molar-refractivity contribution in [1.82, 2.24) is 10.2 Å². The molecule has 20 heavy (non-hydrogen) atoms. The SMILES string of the molecule is CC1CCC(O)(CNCC(=O)N2CCCCCC2)CC1. The second-order valence-corrected chi connectivity index (χ2v) is 6.81. The second kappa shape index (κ2) is 7.41. The Morgan fingerprint density at radius 2 is 1.80 bits per heavy atom. The normalized spacial score (nSPS) is 31.9. The second-order valence-electron chi connectivity index (χ2n) is 6.81. The van der Waals surface area contributed by atoms with E-state index in [4.69, 9.17) is 0 Å². The van der Waals surface area contributed by atoms with Gasteiger partial charge in [-0.2, -0.15) is 0 Å². The summed E-state index contributed by atoms with van der Waals surface area (Å²) in [6, 6.07) is 0. The van der Waals surface area contributed by atoms with Gasteiger partial charge in [0, 0.05) is 19.6 Å². The molecule has 2 rings (SSSR count). The molecule has 0 bridgehead atoms. The zero-order valence-electron chi connectivity index (χ0n) is 12.9. The predicted molar refractivity (Wildman–Crippen MR) is 80.5 cm³/mol. The maximum absolute atomic E-state index is 12.1. The van der Waals surface area contributed by atoms with Crippen LogP contribution in [0.4, 0.5) is 0 Å². The van der Waals surface area contributed by atoms with Crippen molar-refractivity contribution in [2.45, 2.75) is 63.9 Å². The lowest BCUT2D eigenvalue weighted by Gasteiger charge is -2.35. The van der Waals surface area contributed by atoms with E-state index in [2.05, 4.69) is 12.2 Å². The number of hydrogen-bond acceptors (Lipinski definition) is 3. The van der Waals surface area contributed by atoms with Gasteiger partial charge in [0.1, 0.15) is 0 Å². The summed E-state index contributed by atoms with van der Waals surface area (Å²) in [4.78, 5) is 14.1. The summed E-state index contributed by atoms with van der Waals surface area (Å²) in [6.45, 7) is 4.98. The van der Waals surface area contributed by atoms with Gasteiger partial charge in [0.15, 0.2) is 0 Å². The van der Waals surface area contributed by atoms with E-state index >= 15 is 0 Å². The maximum Gasteiger partial charge on any atom is 0.236 e. The van der Waals surface area contributed by atoms with Gasteiger partial charge in [-0.05, 0) is 44.4 Å². The average Bonchev–Trinajstić information content (AvgIpc) is 2.71. The van der Waals surface area contributed by atoms with Gasteiger partial charge in [-0.1, -0.05) is 19.8 Å². The molecule has 116 valence electrons. The molecule has 0 aromatic carbocycles. The smallest absolute Gasteiger partial charge is 0.236 e. The number of hydrogen-bond donors (Lipinski definition) is 2. The molecule has 1 heterocycles. The molecule has 2 fully saturated rings. The Hall–Kier alpha value is -0.610. The molecule has 0 aromatic heterocycles. The van der Waals surface area contributed by atoms with Gasteiger partial charge in [0.25, 0.3) is 0 Å². The molecule has 4 nitrogen and oxygen atoms in total. The zero-order valence-corrected chi connectivity index (χ0v) is 12.9. The van der Waals surface area contributed by atoms with Crippen LogP contribution in [0.5, 0.6) is 0 Å². The van der Waals surface area contributed by atoms with Gasteiger partial charge in [0.05, 0.1) is 12.1 Å². The minimum Gasteiger partial charge on any atom is -0.389 e. The minimum atomic E-state index is -0.592. The molecule has 1 saturated carbocycles. The van der Waals surface area contributed by atoms with Gasteiger partial charge < -0.3 is 15.3 Å². The highest BCUT2D eigenvalue weighted by Crippen LogP contribution is 2.31. The molecular weight excluding hydrogens is 252 g/mol. The summed E-state index contributed by atoms with van der Waals surface area (Å²) in [5.74, 6) is 0.925. The lowest BCUT2D eigenvalue weighted by molar-refractivity contribution is -0.130. The monoisotopic (exact) mass is 282 g/mol. The van der Waals surface area contributed by atoms with Crippen molar-refractivity contribution in [1.29, 1.82) is 0 Å². The van der Waals surface area contributed by atoms with Crippen molar-refractivity contribution in [3.8, 4) is 0 Å². The molecule has 1 saturated heterocycles. The van der Waals surface area contributed by atoms with Crippen LogP contribution in [0, 0.1) is 5.92 Å². The maximum atomic E-state index is 12.1. The van der Waals surface area contributed by atoms with E-state index in [1.807, 2.05) is 4.90 Å². The number of amides is 1. The van der Waals surface area contributed by atoms with Crippen LogP contribution in [-0.2, 0) is 4.79 Å². The van der Waals surface area contributed by atoms with Gasteiger partial charge in [0.2, 0.25) is 5.91 Å². The van der Waals surface area contributed by atoms with E-state index in [0.717, 1.165) is 57.5 Å². The molecule has 1 aliphatic heterocycles. The van der Waals surface area contributed by atoms with Gasteiger partial charge in [-0.15, -0.1) is 0 Å². The van der Waals surface area contributed by atoms with Crippen LogP contribution in [0.15, 0.2) is 0 Å². The third kappa shape index (κ3) is 4.74. The Balaban J connectivity index is 1.68. The first-order valence-electron chi connectivity index (χ1n) is 8.30. The van der Waals surface area contributed by atoms with E-state index in [1.165, 1.54) is 12.8 Å². The quantitative estimate of drug-likeness (QED) is 0.828. The van der Waals surface area contributed by atoms with E-state index in [0.29, 0.717) is 13.1 Å². The molecule has 0 unspecified atom stereocenters. The number of likely N-dealkylation sites (tertiary alicyclic amines) is 1. The van der Waals surface area contributed by atoms with E-state index < -0.39 is 5.60 Å². The van der Waals surface area contributed by atoms with Crippen LogP contribution >= 0.6 is 0 Å². The summed E-state index contributed by atoms with van der Waals surface area (Å²) < 4.78 is 0. The van der Waals surface area contributed by atoms with Gasteiger partial charge in [-0.3, -0.25) is 4.79 Å². The van der Waals surface area contributed by atoms with Crippen molar-refractivity contribution in [2.24, 2.45) is 5.92 Å². The predicted octanol–water partition coefficient (Wildman–Crippen LogP) is 1.92. The highest BCUT2D eigenvalue weighted by Gasteiger charge is 2.31. The Kier molecular flexibility index (Phi) is 5.85.